The minimum absolute atomic E-state index is 0.0118. The lowest BCUT2D eigenvalue weighted by molar-refractivity contribution is 0.0732. The molecule has 112 valence electrons. The number of anilines is 1. The van der Waals surface area contributed by atoms with E-state index in [0.29, 0.717) is 11.6 Å². The fourth-order valence-corrected chi connectivity index (χ4v) is 3.51. The molecular formula is C16H17N5O. The number of fused-ring (bicyclic) bond motifs is 1. The topological polar surface area (TPSA) is 62.2 Å². The first-order chi connectivity index (χ1) is 10.8. The van der Waals surface area contributed by atoms with Gasteiger partial charge in [-0.2, -0.15) is 0 Å². The fourth-order valence-electron chi connectivity index (χ4n) is 3.51. The molecule has 1 amide bonds. The molecule has 6 nitrogen and oxygen atoms in total. The monoisotopic (exact) mass is 295 g/mol. The highest BCUT2D eigenvalue weighted by atomic mass is 16.2. The van der Waals surface area contributed by atoms with Crippen LogP contribution in [-0.4, -0.2) is 51.4 Å². The number of pyridine rings is 1. The van der Waals surface area contributed by atoms with Crippen LogP contribution in [0.15, 0.2) is 43.0 Å². The van der Waals surface area contributed by atoms with Crippen molar-refractivity contribution in [2.45, 2.75) is 12.5 Å². The Morgan fingerprint density at radius 2 is 2.09 bits per heavy atom. The molecule has 2 saturated heterocycles. The van der Waals surface area contributed by atoms with Crippen molar-refractivity contribution in [1.82, 2.24) is 19.9 Å². The zero-order valence-electron chi connectivity index (χ0n) is 12.2. The zero-order valence-corrected chi connectivity index (χ0v) is 12.2. The quantitative estimate of drug-likeness (QED) is 0.833. The van der Waals surface area contributed by atoms with E-state index in [9.17, 15) is 4.79 Å². The molecule has 2 aromatic rings. The Kier molecular flexibility index (Phi) is 3.21. The minimum atomic E-state index is 0.0118. The second-order valence-electron chi connectivity index (χ2n) is 5.80. The van der Waals surface area contributed by atoms with Gasteiger partial charge in [-0.05, 0) is 24.6 Å². The molecule has 0 aliphatic carbocycles. The summed E-state index contributed by atoms with van der Waals surface area (Å²) in [7, 11) is 0. The maximum atomic E-state index is 12.6. The van der Waals surface area contributed by atoms with E-state index in [1.54, 1.807) is 12.3 Å². The van der Waals surface area contributed by atoms with Crippen LogP contribution in [-0.2, 0) is 0 Å². The van der Waals surface area contributed by atoms with Crippen molar-refractivity contribution in [1.29, 1.82) is 0 Å². The van der Waals surface area contributed by atoms with Gasteiger partial charge < -0.3 is 9.80 Å². The van der Waals surface area contributed by atoms with Gasteiger partial charge in [0, 0.05) is 37.9 Å². The Bertz CT molecular complexity index is 663. The van der Waals surface area contributed by atoms with Crippen molar-refractivity contribution in [3.8, 4) is 0 Å². The SMILES string of the molecule is O=C(c1ccncn1)N1CCC2CN(c3ccccn3)CC21. The highest BCUT2D eigenvalue weighted by Gasteiger charge is 2.44. The summed E-state index contributed by atoms with van der Waals surface area (Å²) in [4.78, 5) is 29.3. The first-order valence-corrected chi connectivity index (χ1v) is 7.56. The van der Waals surface area contributed by atoms with Crippen LogP contribution in [0.4, 0.5) is 5.82 Å². The van der Waals surface area contributed by atoms with Gasteiger partial charge in [-0.3, -0.25) is 4.79 Å². The first kappa shape index (κ1) is 13.2. The van der Waals surface area contributed by atoms with Crippen molar-refractivity contribution < 1.29 is 4.79 Å². The lowest BCUT2D eigenvalue weighted by Gasteiger charge is -2.25. The molecule has 2 unspecified atom stereocenters. The number of carbonyl (C=O) groups is 1. The van der Waals surface area contributed by atoms with Crippen molar-refractivity contribution in [2.24, 2.45) is 5.92 Å². The second kappa shape index (κ2) is 5.36. The summed E-state index contributed by atoms with van der Waals surface area (Å²) in [6.45, 7) is 2.63. The lowest BCUT2D eigenvalue weighted by atomic mass is 10.1. The summed E-state index contributed by atoms with van der Waals surface area (Å²) in [5.41, 5.74) is 0.479. The molecule has 2 aliphatic heterocycles. The molecule has 4 heterocycles. The minimum Gasteiger partial charge on any atom is -0.354 e. The van der Waals surface area contributed by atoms with Gasteiger partial charge >= 0.3 is 0 Å². The highest BCUT2D eigenvalue weighted by Crippen LogP contribution is 2.34. The number of rotatable bonds is 2. The number of carbonyl (C=O) groups excluding carboxylic acids is 1. The number of likely N-dealkylation sites (tertiary alicyclic amines) is 1. The van der Waals surface area contributed by atoms with E-state index in [0.717, 1.165) is 31.9 Å². The third kappa shape index (κ3) is 2.20. The number of aromatic nitrogens is 3. The molecule has 2 aromatic heterocycles. The Morgan fingerprint density at radius 1 is 1.14 bits per heavy atom. The summed E-state index contributed by atoms with van der Waals surface area (Å²) in [6, 6.07) is 7.88. The molecule has 0 N–H and O–H groups in total. The molecule has 22 heavy (non-hydrogen) atoms. The van der Waals surface area contributed by atoms with Crippen LogP contribution < -0.4 is 4.90 Å². The van der Waals surface area contributed by atoms with Gasteiger partial charge in [0.25, 0.3) is 5.91 Å². The smallest absolute Gasteiger partial charge is 0.272 e. The maximum Gasteiger partial charge on any atom is 0.272 e. The van der Waals surface area contributed by atoms with E-state index in [-0.39, 0.29) is 11.9 Å². The number of amides is 1. The van der Waals surface area contributed by atoms with Crippen molar-refractivity contribution in [2.75, 3.05) is 24.5 Å². The molecule has 0 spiro atoms. The van der Waals surface area contributed by atoms with Gasteiger partial charge in [0.1, 0.15) is 17.8 Å². The molecule has 0 saturated carbocycles. The Labute approximate surface area is 128 Å². The molecule has 6 heteroatoms. The molecule has 0 aromatic carbocycles. The van der Waals surface area contributed by atoms with Gasteiger partial charge in [-0.1, -0.05) is 6.07 Å². The van der Waals surface area contributed by atoms with E-state index in [2.05, 4.69) is 19.9 Å². The Morgan fingerprint density at radius 3 is 2.86 bits per heavy atom. The van der Waals surface area contributed by atoms with Crippen LogP contribution in [0, 0.1) is 5.92 Å². The van der Waals surface area contributed by atoms with E-state index in [1.165, 1.54) is 6.33 Å². The van der Waals surface area contributed by atoms with Crippen molar-refractivity contribution in [3.63, 3.8) is 0 Å². The predicted octanol–water partition coefficient (Wildman–Crippen LogP) is 1.22. The number of hydrogen-bond acceptors (Lipinski definition) is 5. The molecule has 2 atom stereocenters. The molecule has 0 bridgehead atoms. The Balaban J connectivity index is 1.52. The van der Waals surface area contributed by atoms with Gasteiger partial charge in [-0.15, -0.1) is 0 Å². The average molecular weight is 295 g/mol. The molecule has 2 aliphatic rings. The summed E-state index contributed by atoms with van der Waals surface area (Å²) in [5, 5.41) is 0. The van der Waals surface area contributed by atoms with Crippen molar-refractivity contribution >= 4 is 11.7 Å². The van der Waals surface area contributed by atoms with Crippen LogP contribution >= 0.6 is 0 Å². The van der Waals surface area contributed by atoms with Gasteiger partial charge in [0.2, 0.25) is 0 Å². The third-order valence-corrected chi connectivity index (χ3v) is 4.58. The van der Waals surface area contributed by atoms with Crippen LogP contribution in [0.25, 0.3) is 0 Å². The van der Waals surface area contributed by atoms with Crippen LogP contribution in [0.1, 0.15) is 16.9 Å². The van der Waals surface area contributed by atoms with Gasteiger partial charge in [0.15, 0.2) is 0 Å². The van der Waals surface area contributed by atoms with E-state index < -0.39 is 0 Å². The van der Waals surface area contributed by atoms with Crippen LogP contribution in [0.5, 0.6) is 0 Å². The number of nitrogens with zero attached hydrogens (tertiary/aromatic N) is 5. The highest BCUT2D eigenvalue weighted by molar-refractivity contribution is 5.92. The second-order valence-corrected chi connectivity index (χ2v) is 5.80. The average Bonchev–Trinajstić information content (AvgIpc) is 3.16. The number of hydrogen-bond donors (Lipinski definition) is 0. The largest absolute Gasteiger partial charge is 0.354 e. The maximum absolute atomic E-state index is 12.6. The molecule has 2 fully saturated rings. The normalized spacial score (nSPS) is 23.6. The summed E-state index contributed by atoms with van der Waals surface area (Å²) < 4.78 is 0. The van der Waals surface area contributed by atoms with E-state index in [1.807, 2.05) is 29.3 Å². The Hall–Kier alpha value is -2.50. The van der Waals surface area contributed by atoms with Crippen molar-refractivity contribution in [3.05, 3.63) is 48.7 Å². The third-order valence-electron chi connectivity index (χ3n) is 4.58. The fraction of sp³-hybridized carbons (Fsp3) is 0.375. The zero-order chi connectivity index (χ0) is 14.9. The lowest BCUT2D eigenvalue weighted by Crippen LogP contribution is -2.40. The molecular weight excluding hydrogens is 278 g/mol. The summed E-state index contributed by atoms with van der Waals surface area (Å²) >= 11 is 0. The van der Waals surface area contributed by atoms with Crippen LogP contribution in [0.2, 0.25) is 0 Å². The van der Waals surface area contributed by atoms with Crippen LogP contribution in [0.3, 0.4) is 0 Å². The predicted molar refractivity (Wildman–Crippen MR) is 81.4 cm³/mol. The van der Waals surface area contributed by atoms with E-state index >= 15 is 0 Å². The van der Waals surface area contributed by atoms with Gasteiger partial charge in [-0.25, -0.2) is 15.0 Å². The summed E-state index contributed by atoms with van der Waals surface area (Å²) in [6.07, 6.45) is 5.90. The molecule has 4 rings (SSSR count). The first-order valence-electron chi connectivity index (χ1n) is 7.56. The molecule has 0 radical (unpaired) electrons. The summed E-state index contributed by atoms with van der Waals surface area (Å²) in [5.74, 6) is 1.52. The standard InChI is InChI=1S/C16H17N5O/c22-16(13-4-7-17-11-19-13)21-8-5-12-9-20(10-14(12)21)15-3-1-2-6-18-15/h1-4,6-7,11-12,14H,5,8-10H2. The van der Waals surface area contributed by atoms with Gasteiger partial charge in [0.05, 0.1) is 6.04 Å². The van der Waals surface area contributed by atoms with E-state index in [4.69, 9.17) is 0 Å².